The lowest BCUT2D eigenvalue weighted by Gasteiger charge is -2.07. The molecule has 0 aliphatic carbocycles. The van der Waals surface area contributed by atoms with Crippen molar-refractivity contribution in [1.82, 2.24) is 9.78 Å². The SMILES string of the molecule is CCn1nc(COc2ccc(N)c(C)c2)c2ccccc21. The summed E-state index contributed by atoms with van der Waals surface area (Å²) < 4.78 is 7.86. The first-order valence-corrected chi connectivity index (χ1v) is 7.12. The molecular weight excluding hydrogens is 262 g/mol. The maximum atomic E-state index is 5.86. The second-order valence-electron chi connectivity index (χ2n) is 5.09. The molecule has 0 fully saturated rings. The van der Waals surface area contributed by atoms with E-state index in [0.717, 1.165) is 40.1 Å². The van der Waals surface area contributed by atoms with Crippen LogP contribution in [0.4, 0.5) is 5.69 Å². The normalized spacial score (nSPS) is 11.0. The first kappa shape index (κ1) is 13.5. The fourth-order valence-corrected chi connectivity index (χ4v) is 2.43. The molecule has 2 aromatic carbocycles. The molecule has 0 radical (unpaired) electrons. The number of nitrogen functional groups attached to an aromatic ring is 1. The van der Waals surface area contributed by atoms with Gasteiger partial charge < -0.3 is 10.5 Å². The molecule has 1 aromatic heterocycles. The van der Waals surface area contributed by atoms with Crippen LogP contribution in [0, 0.1) is 6.92 Å². The van der Waals surface area contributed by atoms with Crippen LogP contribution in [0.25, 0.3) is 10.9 Å². The van der Waals surface area contributed by atoms with E-state index in [1.54, 1.807) is 0 Å². The molecule has 0 saturated carbocycles. The number of nitrogens with two attached hydrogens (primary N) is 1. The predicted octanol–water partition coefficient (Wildman–Crippen LogP) is 3.53. The highest BCUT2D eigenvalue weighted by atomic mass is 16.5. The summed E-state index contributed by atoms with van der Waals surface area (Å²) in [4.78, 5) is 0. The molecule has 108 valence electrons. The van der Waals surface area contributed by atoms with Crippen LogP contribution >= 0.6 is 0 Å². The molecule has 0 atom stereocenters. The molecule has 0 saturated heterocycles. The fraction of sp³-hybridized carbons (Fsp3) is 0.235. The van der Waals surface area contributed by atoms with Crippen molar-refractivity contribution in [2.24, 2.45) is 0 Å². The maximum absolute atomic E-state index is 5.86. The van der Waals surface area contributed by atoms with Crippen molar-refractivity contribution in [3.8, 4) is 5.75 Å². The Morgan fingerprint density at radius 3 is 2.76 bits per heavy atom. The number of fused-ring (bicyclic) bond motifs is 1. The minimum atomic E-state index is 0.455. The molecule has 0 aliphatic rings. The standard InChI is InChI=1S/C17H19N3O/c1-3-20-17-7-5-4-6-14(17)16(19-20)11-21-13-8-9-15(18)12(2)10-13/h4-10H,3,11,18H2,1-2H3. The van der Waals surface area contributed by atoms with Gasteiger partial charge in [0.2, 0.25) is 0 Å². The van der Waals surface area contributed by atoms with Crippen LogP contribution in [0.5, 0.6) is 5.75 Å². The van der Waals surface area contributed by atoms with Gasteiger partial charge in [-0.1, -0.05) is 18.2 Å². The van der Waals surface area contributed by atoms with Crippen LogP contribution in [0.2, 0.25) is 0 Å². The number of rotatable bonds is 4. The molecule has 0 aliphatic heterocycles. The summed E-state index contributed by atoms with van der Waals surface area (Å²) >= 11 is 0. The molecular formula is C17H19N3O. The summed E-state index contributed by atoms with van der Waals surface area (Å²) in [6.07, 6.45) is 0. The van der Waals surface area contributed by atoms with Crippen molar-refractivity contribution < 1.29 is 4.74 Å². The largest absolute Gasteiger partial charge is 0.487 e. The highest BCUT2D eigenvalue weighted by Gasteiger charge is 2.09. The first-order valence-electron chi connectivity index (χ1n) is 7.12. The van der Waals surface area contributed by atoms with Gasteiger partial charge in [-0.3, -0.25) is 4.68 Å². The number of benzene rings is 2. The molecule has 21 heavy (non-hydrogen) atoms. The van der Waals surface area contributed by atoms with E-state index < -0.39 is 0 Å². The van der Waals surface area contributed by atoms with Gasteiger partial charge in [-0.2, -0.15) is 5.10 Å². The predicted molar refractivity (Wildman–Crippen MR) is 85.3 cm³/mol. The minimum Gasteiger partial charge on any atom is -0.487 e. The highest BCUT2D eigenvalue weighted by Crippen LogP contribution is 2.22. The second-order valence-corrected chi connectivity index (χ2v) is 5.09. The maximum Gasteiger partial charge on any atom is 0.133 e. The molecule has 4 nitrogen and oxygen atoms in total. The molecule has 1 heterocycles. The number of aryl methyl sites for hydroxylation is 2. The van der Waals surface area contributed by atoms with E-state index in [-0.39, 0.29) is 0 Å². The number of nitrogens with zero attached hydrogens (tertiary/aromatic N) is 2. The van der Waals surface area contributed by atoms with Gasteiger partial charge in [0.25, 0.3) is 0 Å². The van der Waals surface area contributed by atoms with Crippen molar-refractivity contribution in [3.63, 3.8) is 0 Å². The number of para-hydroxylation sites is 1. The first-order chi connectivity index (χ1) is 10.2. The summed E-state index contributed by atoms with van der Waals surface area (Å²) in [7, 11) is 0. The molecule has 0 amide bonds. The number of hydrogen-bond donors (Lipinski definition) is 1. The minimum absolute atomic E-state index is 0.455. The van der Waals surface area contributed by atoms with E-state index >= 15 is 0 Å². The van der Waals surface area contributed by atoms with Gasteiger partial charge in [-0.05, 0) is 43.7 Å². The molecule has 0 unspecified atom stereocenters. The van der Waals surface area contributed by atoms with E-state index in [4.69, 9.17) is 10.5 Å². The number of anilines is 1. The average molecular weight is 281 g/mol. The zero-order valence-electron chi connectivity index (χ0n) is 12.3. The highest BCUT2D eigenvalue weighted by molar-refractivity contribution is 5.81. The lowest BCUT2D eigenvalue weighted by molar-refractivity contribution is 0.301. The summed E-state index contributed by atoms with van der Waals surface area (Å²) in [5.41, 5.74) is 9.73. The lowest BCUT2D eigenvalue weighted by Crippen LogP contribution is -2.00. The Labute approximate surface area is 124 Å². The molecule has 3 rings (SSSR count). The molecule has 2 N–H and O–H groups in total. The topological polar surface area (TPSA) is 53.1 Å². The molecule has 3 aromatic rings. The van der Waals surface area contributed by atoms with Crippen LogP contribution in [-0.2, 0) is 13.2 Å². The van der Waals surface area contributed by atoms with Gasteiger partial charge in [0, 0.05) is 17.6 Å². The Balaban J connectivity index is 1.86. The van der Waals surface area contributed by atoms with Crippen LogP contribution < -0.4 is 10.5 Å². The Morgan fingerprint density at radius 1 is 1.19 bits per heavy atom. The smallest absolute Gasteiger partial charge is 0.133 e. The number of ether oxygens (including phenoxy) is 1. The number of aromatic nitrogens is 2. The lowest BCUT2D eigenvalue weighted by atomic mass is 10.2. The molecule has 4 heteroatoms. The van der Waals surface area contributed by atoms with Gasteiger partial charge in [-0.25, -0.2) is 0 Å². The van der Waals surface area contributed by atoms with Crippen LogP contribution in [0.3, 0.4) is 0 Å². The zero-order chi connectivity index (χ0) is 14.8. The average Bonchev–Trinajstić information content (AvgIpc) is 2.87. The third kappa shape index (κ3) is 2.57. The van der Waals surface area contributed by atoms with E-state index in [9.17, 15) is 0 Å². The monoisotopic (exact) mass is 281 g/mol. The Hall–Kier alpha value is -2.49. The van der Waals surface area contributed by atoms with Crippen LogP contribution in [0.1, 0.15) is 18.2 Å². The summed E-state index contributed by atoms with van der Waals surface area (Å²) in [5, 5.41) is 5.77. The zero-order valence-corrected chi connectivity index (χ0v) is 12.3. The molecule has 0 spiro atoms. The molecule has 0 bridgehead atoms. The van der Waals surface area contributed by atoms with Crippen molar-refractivity contribution in [3.05, 3.63) is 53.7 Å². The van der Waals surface area contributed by atoms with E-state index in [1.165, 1.54) is 0 Å². The second kappa shape index (κ2) is 5.48. The van der Waals surface area contributed by atoms with Gasteiger partial charge >= 0.3 is 0 Å². The van der Waals surface area contributed by atoms with Crippen molar-refractivity contribution in [1.29, 1.82) is 0 Å². The Bertz CT molecular complexity index is 777. The van der Waals surface area contributed by atoms with Gasteiger partial charge in [0.1, 0.15) is 18.1 Å². The summed E-state index contributed by atoms with van der Waals surface area (Å²) in [5.74, 6) is 0.817. The van der Waals surface area contributed by atoms with E-state index in [0.29, 0.717) is 6.61 Å². The third-order valence-electron chi connectivity index (χ3n) is 3.65. The van der Waals surface area contributed by atoms with Crippen LogP contribution in [-0.4, -0.2) is 9.78 Å². The Kier molecular flexibility index (Phi) is 3.52. The van der Waals surface area contributed by atoms with Gasteiger partial charge in [0.15, 0.2) is 0 Å². The van der Waals surface area contributed by atoms with Gasteiger partial charge in [0.05, 0.1) is 5.52 Å². The van der Waals surface area contributed by atoms with Gasteiger partial charge in [-0.15, -0.1) is 0 Å². The van der Waals surface area contributed by atoms with Crippen molar-refractivity contribution in [2.45, 2.75) is 27.0 Å². The Morgan fingerprint density at radius 2 is 2.00 bits per heavy atom. The fourth-order valence-electron chi connectivity index (χ4n) is 2.43. The van der Waals surface area contributed by atoms with Crippen LogP contribution in [0.15, 0.2) is 42.5 Å². The third-order valence-corrected chi connectivity index (χ3v) is 3.65. The van der Waals surface area contributed by atoms with E-state index in [2.05, 4.69) is 24.2 Å². The summed E-state index contributed by atoms with van der Waals surface area (Å²) in [6.45, 7) is 5.37. The van der Waals surface area contributed by atoms with E-state index in [1.807, 2.05) is 41.9 Å². The summed E-state index contributed by atoms with van der Waals surface area (Å²) in [6, 6.07) is 13.9. The van der Waals surface area contributed by atoms with Crippen molar-refractivity contribution in [2.75, 3.05) is 5.73 Å². The quantitative estimate of drug-likeness (QED) is 0.744. The van der Waals surface area contributed by atoms with Crippen molar-refractivity contribution >= 4 is 16.6 Å². The number of hydrogen-bond acceptors (Lipinski definition) is 3.